The molecule has 4 amide bonds. The van der Waals surface area contributed by atoms with Gasteiger partial charge in [-0.25, -0.2) is 4.98 Å². The van der Waals surface area contributed by atoms with Gasteiger partial charge in [-0.15, -0.1) is 11.3 Å². The molecule has 0 spiro atoms. The lowest BCUT2D eigenvalue weighted by Gasteiger charge is -2.41. The van der Waals surface area contributed by atoms with E-state index in [1.54, 1.807) is 39.4 Å². The van der Waals surface area contributed by atoms with Crippen LogP contribution < -0.4 is 16.0 Å². The third-order valence-corrected chi connectivity index (χ3v) is 12.0. The van der Waals surface area contributed by atoms with Crippen molar-refractivity contribution >= 4 is 35.0 Å². The number of likely N-dealkylation sites (N-methyl/N-ethyl adjacent to an activating group) is 2. The van der Waals surface area contributed by atoms with E-state index >= 15 is 0 Å². The molecule has 302 valence electrons. The molecule has 12 nitrogen and oxygen atoms in total. The Kier molecular flexibility index (Phi) is 18.0. The van der Waals surface area contributed by atoms with Gasteiger partial charge in [-0.1, -0.05) is 85.2 Å². The third-order valence-electron chi connectivity index (χ3n) is 11.1. The summed E-state index contributed by atoms with van der Waals surface area (Å²) in [7, 11) is 6.65. The van der Waals surface area contributed by atoms with E-state index in [9.17, 15) is 19.2 Å². The minimum atomic E-state index is -0.752. The number of ether oxygens (including phenoxy) is 2. The highest BCUT2D eigenvalue weighted by molar-refractivity contribution is 7.09. The average Bonchev–Trinajstić information content (AvgIpc) is 3.87. The van der Waals surface area contributed by atoms with Gasteiger partial charge in [0.15, 0.2) is 0 Å². The topological polar surface area (TPSA) is 142 Å². The van der Waals surface area contributed by atoms with Gasteiger partial charge in [0, 0.05) is 39.4 Å². The zero-order valence-corrected chi connectivity index (χ0v) is 35.2. The van der Waals surface area contributed by atoms with Gasteiger partial charge in [-0.2, -0.15) is 0 Å². The number of thiazole rings is 1. The van der Waals surface area contributed by atoms with Crippen LogP contribution in [0, 0.1) is 23.7 Å². The normalized spacial score (nSPS) is 19.1. The molecule has 2 aromatic rings. The SMILES string of the molecule is CC[C@H](C)[C@@H]([C@@H](CC(=O)N1CCC[C@H]1C(OC)C(C)C(=O)N[C@@H](Cc1ccccc1)c1nccs1)OC)N(C)C(=O)[C@@H](NC(=O)C(NC)C(C)C)C(C)C. The van der Waals surface area contributed by atoms with Crippen molar-refractivity contribution in [2.75, 3.05) is 34.9 Å². The number of methoxy groups -OCH3 is 2. The van der Waals surface area contributed by atoms with Gasteiger partial charge in [-0.3, -0.25) is 19.2 Å². The summed E-state index contributed by atoms with van der Waals surface area (Å²) in [5, 5.41) is 12.0. The summed E-state index contributed by atoms with van der Waals surface area (Å²) in [6.45, 7) is 14.3. The molecule has 1 saturated heterocycles. The van der Waals surface area contributed by atoms with Crippen LogP contribution in [-0.4, -0.2) is 110 Å². The fourth-order valence-corrected chi connectivity index (χ4v) is 8.50. The Morgan fingerprint density at radius 2 is 1.63 bits per heavy atom. The van der Waals surface area contributed by atoms with E-state index in [0.29, 0.717) is 19.4 Å². The Bertz CT molecular complexity index is 1460. The van der Waals surface area contributed by atoms with Gasteiger partial charge >= 0.3 is 0 Å². The minimum Gasteiger partial charge on any atom is -0.379 e. The molecule has 3 unspecified atom stereocenters. The van der Waals surface area contributed by atoms with Gasteiger partial charge in [0.25, 0.3) is 0 Å². The predicted molar refractivity (Wildman–Crippen MR) is 214 cm³/mol. The summed E-state index contributed by atoms with van der Waals surface area (Å²) in [6.07, 6.45) is 3.48. The van der Waals surface area contributed by atoms with Crippen molar-refractivity contribution < 1.29 is 28.7 Å². The average molecular weight is 771 g/mol. The number of amides is 4. The van der Waals surface area contributed by atoms with Gasteiger partial charge in [0.1, 0.15) is 11.0 Å². The van der Waals surface area contributed by atoms with Crippen LogP contribution in [0.25, 0.3) is 0 Å². The second-order valence-electron chi connectivity index (χ2n) is 15.5. The molecule has 0 radical (unpaired) electrons. The monoisotopic (exact) mass is 770 g/mol. The van der Waals surface area contributed by atoms with Crippen molar-refractivity contribution in [1.29, 1.82) is 0 Å². The summed E-state index contributed by atoms with van der Waals surface area (Å²) in [5.41, 5.74) is 1.09. The molecule has 3 N–H and O–H groups in total. The van der Waals surface area contributed by atoms with Crippen molar-refractivity contribution in [1.82, 2.24) is 30.7 Å². The lowest BCUT2D eigenvalue weighted by atomic mass is 9.89. The first-order valence-electron chi connectivity index (χ1n) is 19.5. The van der Waals surface area contributed by atoms with Gasteiger partial charge in [0.2, 0.25) is 23.6 Å². The molecule has 0 saturated carbocycles. The van der Waals surface area contributed by atoms with E-state index in [2.05, 4.69) is 34.8 Å². The fourth-order valence-electron chi connectivity index (χ4n) is 7.81. The Morgan fingerprint density at radius 3 is 2.17 bits per heavy atom. The van der Waals surface area contributed by atoms with E-state index in [4.69, 9.17) is 9.47 Å². The highest BCUT2D eigenvalue weighted by atomic mass is 32.1. The number of nitrogens with one attached hydrogen (secondary N) is 3. The molecular formula is C41H66N6O6S. The molecule has 1 aromatic heterocycles. The van der Waals surface area contributed by atoms with Crippen molar-refractivity contribution in [2.45, 2.75) is 123 Å². The van der Waals surface area contributed by atoms with Crippen LogP contribution in [0.1, 0.15) is 90.8 Å². The first-order chi connectivity index (χ1) is 25.7. The van der Waals surface area contributed by atoms with E-state index in [1.165, 1.54) is 11.3 Å². The lowest BCUT2D eigenvalue weighted by Crippen LogP contribution is -2.59. The molecular weight excluding hydrogens is 705 g/mol. The fraction of sp³-hybridized carbons (Fsp3) is 0.683. The van der Waals surface area contributed by atoms with Crippen LogP contribution in [0.15, 0.2) is 41.9 Å². The molecule has 2 heterocycles. The number of benzene rings is 1. The van der Waals surface area contributed by atoms with Crippen LogP contribution in [0.2, 0.25) is 0 Å². The standard InChI is InChI=1S/C41H66N6O6S/c1-12-27(6)36(46(9)41(51)35(26(4)5)45-39(50)34(42-8)25(2)3)32(52-10)24-33(48)47-21-16-19-31(47)37(53-11)28(7)38(49)44-30(40-43-20-22-54-40)23-29-17-14-13-15-18-29/h13-15,17-18,20,22,25-28,30-32,34-37,42H,12,16,19,21,23-24H2,1-11H3,(H,44,49)(H,45,50)/t27-,28?,30-,31-,32+,34?,35-,36-,37?/m0/s1. The molecule has 1 fully saturated rings. The maximum Gasteiger partial charge on any atom is 0.245 e. The molecule has 0 aliphatic carbocycles. The summed E-state index contributed by atoms with van der Waals surface area (Å²) < 4.78 is 12.1. The quantitative estimate of drug-likeness (QED) is 0.164. The van der Waals surface area contributed by atoms with Crippen LogP contribution in [0.3, 0.4) is 0 Å². The van der Waals surface area contributed by atoms with Crippen LogP contribution in [0.5, 0.6) is 0 Å². The number of nitrogens with zero attached hydrogens (tertiary/aromatic N) is 3. The van der Waals surface area contributed by atoms with Crippen LogP contribution in [-0.2, 0) is 35.1 Å². The first kappa shape index (κ1) is 45.0. The number of likely N-dealkylation sites (tertiary alicyclic amines) is 1. The predicted octanol–water partition coefficient (Wildman–Crippen LogP) is 4.85. The Morgan fingerprint density at radius 1 is 0.963 bits per heavy atom. The minimum absolute atomic E-state index is 0.00702. The molecule has 54 heavy (non-hydrogen) atoms. The molecule has 1 aromatic carbocycles. The summed E-state index contributed by atoms with van der Waals surface area (Å²) >= 11 is 1.51. The van der Waals surface area contributed by atoms with E-state index in [0.717, 1.165) is 23.4 Å². The molecule has 9 atom stereocenters. The Labute approximate surface area is 327 Å². The maximum atomic E-state index is 14.3. The van der Waals surface area contributed by atoms with Gasteiger partial charge in [0.05, 0.1) is 48.7 Å². The highest BCUT2D eigenvalue weighted by Gasteiger charge is 2.43. The number of carbonyl (C=O) groups is 4. The third kappa shape index (κ3) is 11.6. The lowest BCUT2D eigenvalue weighted by molar-refractivity contribution is -0.147. The zero-order chi connectivity index (χ0) is 40.1. The van der Waals surface area contributed by atoms with E-state index in [-0.39, 0.29) is 59.9 Å². The highest BCUT2D eigenvalue weighted by Crippen LogP contribution is 2.30. The molecule has 13 heteroatoms. The first-order valence-corrected chi connectivity index (χ1v) is 20.4. The van der Waals surface area contributed by atoms with Crippen molar-refractivity contribution in [3.8, 4) is 0 Å². The summed E-state index contributed by atoms with van der Waals surface area (Å²) in [4.78, 5) is 63.6. The number of hydrogen-bond donors (Lipinski definition) is 3. The number of carbonyl (C=O) groups excluding carboxylic acids is 4. The van der Waals surface area contributed by atoms with E-state index in [1.807, 2.05) is 75.2 Å². The van der Waals surface area contributed by atoms with Crippen molar-refractivity contribution in [2.24, 2.45) is 23.7 Å². The van der Waals surface area contributed by atoms with Crippen LogP contribution >= 0.6 is 11.3 Å². The molecule has 3 rings (SSSR count). The van der Waals surface area contributed by atoms with Crippen molar-refractivity contribution in [3.63, 3.8) is 0 Å². The zero-order valence-electron chi connectivity index (χ0n) is 34.3. The maximum absolute atomic E-state index is 14.3. The largest absolute Gasteiger partial charge is 0.379 e. The molecule has 0 bridgehead atoms. The summed E-state index contributed by atoms with van der Waals surface area (Å²) in [6, 6.07) is 7.77. The molecule has 1 aliphatic rings. The summed E-state index contributed by atoms with van der Waals surface area (Å²) in [5.74, 6) is -1.41. The van der Waals surface area contributed by atoms with Crippen LogP contribution in [0.4, 0.5) is 0 Å². The smallest absolute Gasteiger partial charge is 0.245 e. The van der Waals surface area contributed by atoms with Gasteiger partial charge < -0.3 is 35.2 Å². The van der Waals surface area contributed by atoms with Crippen molar-refractivity contribution in [3.05, 3.63) is 52.5 Å². The Balaban J connectivity index is 1.78. The number of rotatable bonds is 21. The molecule has 1 aliphatic heterocycles. The second-order valence-corrected chi connectivity index (χ2v) is 16.4. The number of aromatic nitrogens is 1. The number of hydrogen-bond acceptors (Lipinski definition) is 9. The van der Waals surface area contributed by atoms with Gasteiger partial charge in [-0.05, 0) is 49.6 Å². The second kappa shape index (κ2) is 21.6. The Hall–Kier alpha value is -3.39. The van der Waals surface area contributed by atoms with E-state index < -0.39 is 36.3 Å².